The molecule has 1 unspecified atom stereocenters. The van der Waals surface area contributed by atoms with Gasteiger partial charge in [-0.2, -0.15) is 13.2 Å². The number of benzene rings is 1. The molecule has 0 amide bonds. The van der Waals surface area contributed by atoms with Crippen molar-refractivity contribution in [3.8, 4) is 0 Å². The summed E-state index contributed by atoms with van der Waals surface area (Å²) >= 11 is 0. The fourth-order valence-electron chi connectivity index (χ4n) is 3.86. The van der Waals surface area contributed by atoms with Crippen LogP contribution in [0.5, 0.6) is 0 Å². The summed E-state index contributed by atoms with van der Waals surface area (Å²) in [5.41, 5.74) is 2.51. The number of rotatable bonds is 6. The van der Waals surface area contributed by atoms with E-state index in [1.54, 1.807) is 0 Å². The van der Waals surface area contributed by atoms with Crippen LogP contribution in [0.25, 0.3) is 5.57 Å². The molecule has 0 bridgehead atoms. The fraction of sp³-hybridized carbons (Fsp3) is 0.391. The SMILES string of the molecule is C=CCCC1=CC=C(C2CC=C(c3ccc(CC(F)(F)F)c(F)c3F)CC2)CN1. The number of nitrogens with one attached hydrogen (secondary N) is 1. The first-order valence-corrected chi connectivity index (χ1v) is 9.76. The number of hydrogen-bond donors (Lipinski definition) is 1. The maximum atomic E-state index is 14.4. The zero-order chi connectivity index (χ0) is 21.0. The third-order valence-corrected chi connectivity index (χ3v) is 5.47. The minimum atomic E-state index is -4.58. The van der Waals surface area contributed by atoms with Crippen LogP contribution in [-0.2, 0) is 6.42 Å². The largest absolute Gasteiger partial charge is 0.393 e. The van der Waals surface area contributed by atoms with Gasteiger partial charge in [0.15, 0.2) is 11.6 Å². The van der Waals surface area contributed by atoms with Gasteiger partial charge < -0.3 is 5.32 Å². The van der Waals surface area contributed by atoms with Gasteiger partial charge >= 0.3 is 6.18 Å². The third-order valence-electron chi connectivity index (χ3n) is 5.47. The lowest BCUT2D eigenvalue weighted by molar-refractivity contribution is -0.127. The van der Waals surface area contributed by atoms with Crippen LogP contribution < -0.4 is 5.32 Å². The van der Waals surface area contributed by atoms with Gasteiger partial charge in [-0.25, -0.2) is 8.78 Å². The molecule has 1 atom stereocenters. The highest BCUT2D eigenvalue weighted by molar-refractivity contribution is 5.67. The number of dihydropyridines is 1. The molecule has 1 N–H and O–H groups in total. The van der Waals surface area contributed by atoms with Crippen molar-refractivity contribution in [2.24, 2.45) is 5.92 Å². The zero-order valence-corrected chi connectivity index (χ0v) is 16.1. The number of hydrogen-bond acceptors (Lipinski definition) is 1. The molecule has 0 fully saturated rings. The normalized spacial score (nSPS) is 19.8. The van der Waals surface area contributed by atoms with Gasteiger partial charge in [0.25, 0.3) is 0 Å². The lowest BCUT2D eigenvalue weighted by Crippen LogP contribution is -2.24. The summed E-state index contributed by atoms with van der Waals surface area (Å²) in [7, 11) is 0. The quantitative estimate of drug-likeness (QED) is 0.411. The Kier molecular flexibility index (Phi) is 6.60. The van der Waals surface area contributed by atoms with Crippen molar-refractivity contribution in [1.29, 1.82) is 0 Å². The van der Waals surface area contributed by atoms with Gasteiger partial charge in [0, 0.05) is 17.8 Å². The molecule has 156 valence electrons. The van der Waals surface area contributed by atoms with Crippen molar-refractivity contribution in [1.82, 2.24) is 5.32 Å². The number of allylic oxidation sites excluding steroid dienone is 6. The van der Waals surface area contributed by atoms with Crippen molar-refractivity contribution >= 4 is 5.57 Å². The van der Waals surface area contributed by atoms with Gasteiger partial charge in [-0.3, -0.25) is 0 Å². The van der Waals surface area contributed by atoms with Crippen LogP contribution in [0.1, 0.15) is 43.2 Å². The summed E-state index contributed by atoms with van der Waals surface area (Å²) in [6, 6.07) is 2.30. The predicted octanol–water partition coefficient (Wildman–Crippen LogP) is 6.63. The molecule has 2 aliphatic rings. The van der Waals surface area contributed by atoms with Crippen LogP contribution in [0.3, 0.4) is 0 Å². The van der Waals surface area contributed by atoms with E-state index >= 15 is 0 Å². The molecule has 29 heavy (non-hydrogen) atoms. The second kappa shape index (κ2) is 8.97. The Morgan fingerprint density at radius 3 is 2.52 bits per heavy atom. The Morgan fingerprint density at radius 2 is 1.93 bits per heavy atom. The molecular formula is C23H24F5N. The van der Waals surface area contributed by atoms with Gasteiger partial charge in [0.05, 0.1) is 6.42 Å². The first kappa shape index (κ1) is 21.3. The topological polar surface area (TPSA) is 12.0 Å². The Bertz CT molecular complexity index is 861. The molecule has 0 aromatic heterocycles. The van der Waals surface area contributed by atoms with Crippen LogP contribution in [0.2, 0.25) is 0 Å². The van der Waals surface area contributed by atoms with Crippen molar-refractivity contribution in [3.05, 3.63) is 77.0 Å². The summed E-state index contributed by atoms with van der Waals surface area (Å²) in [6.07, 6.45) is 5.82. The van der Waals surface area contributed by atoms with E-state index in [9.17, 15) is 22.0 Å². The highest BCUT2D eigenvalue weighted by atomic mass is 19.4. The molecule has 0 radical (unpaired) electrons. The smallest absolute Gasteiger partial charge is 0.385 e. The van der Waals surface area contributed by atoms with E-state index in [4.69, 9.17) is 0 Å². The summed E-state index contributed by atoms with van der Waals surface area (Å²) in [4.78, 5) is 0. The Labute approximate surface area is 167 Å². The Hall–Kier alpha value is -2.37. The molecule has 1 aliphatic carbocycles. The first-order chi connectivity index (χ1) is 13.8. The molecule has 1 aliphatic heterocycles. The molecule has 1 heterocycles. The van der Waals surface area contributed by atoms with E-state index < -0.39 is 29.8 Å². The first-order valence-electron chi connectivity index (χ1n) is 9.76. The van der Waals surface area contributed by atoms with E-state index in [1.165, 1.54) is 17.3 Å². The van der Waals surface area contributed by atoms with Crippen LogP contribution in [0.4, 0.5) is 22.0 Å². The molecule has 0 saturated heterocycles. The summed E-state index contributed by atoms with van der Waals surface area (Å²) in [5, 5.41) is 3.41. The van der Waals surface area contributed by atoms with E-state index in [-0.39, 0.29) is 5.56 Å². The fourth-order valence-corrected chi connectivity index (χ4v) is 3.86. The Balaban J connectivity index is 1.70. The van der Waals surface area contributed by atoms with Gasteiger partial charge in [-0.1, -0.05) is 30.4 Å². The molecule has 1 nitrogen and oxygen atoms in total. The predicted molar refractivity (Wildman–Crippen MR) is 105 cm³/mol. The van der Waals surface area contributed by atoms with Gasteiger partial charge in [-0.15, -0.1) is 6.58 Å². The van der Waals surface area contributed by atoms with Crippen molar-refractivity contribution < 1.29 is 22.0 Å². The summed E-state index contributed by atoms with van der Waals surface area (Å²) in [5.74, 6) is -2.27. The van der Waals surface area contributed by atoms with Crippen LogP contribution >= 0.6 is 0 Å². The Morgan fingerprint density at radius 1 is 1.14 bits per heavy atom. The minimum absolute atomic E-state index is 0.0641. The standard InChI is InChI=1S/C23H24F5N/c1-2-3-4-19-11-9-18(14-29-19)15-5-7-16(8-6-15)20-12-10-17(13-23(26,27)28)21(24)22(20)25/h2,7,9-12,15,29H,1,3-6,8,13-14H2. The van der Waals surface area contributed by atoms with Gasteiger partial charge in [-0.05, 0) is 60.8 Å². The monoisotopic (exact) mass is 409 g/mol. The van der Waals surface area contributed by atoms with Crippen molar-refractivity contribution in [3.63, 3.8) is 0 Å². The zero-order valence-electron chi connectivity index (χ0n) is 16.1. The average Bonchev–Trinajstić information content (AvgIpc) is 2.70. The molecule has 1 aromatic carbocycles. The lowest BCUT2D eigenvalue weighted by Gasteiger charge is -2.27. The van der Waals surface area contributed by atoms with Crippen LogP contribution in [-0.4, -0.2) is 12.7 Å². The van der Waals surface area contributed by atoms with Gasteiger partial charge in [0.1, 0.15) is 0 Å². The summed E-state index contributed by atoms with van der Waals surface area (Å²) < 4.78 is 66.0. The average molecular weight is 409 g/mol. The highest BCUT2D eigenvalue weighted by Crippen LogP contribution is 2.36. The number of halogens is 5. The van der Waals surface area contributed by atoms with E-state index in [1.807, 2.05) is 12.2 Å². The third kappa shape index (κ3) is 5.37. The second-order valence-electron chi connectivity index (χ2n) is 7.51. The van der Waals surface area contributed by atoms with E-state index in [0.29, 0.717) is 24.3 Å². The summed E-state index contributed by atoms with van der Waals surface area (Å²) in [6.45, 7) is 4.49. The molecule has 6 heteroatoms. The second-order valence-corrected chi connectivity index (χ2v) is 7.51. The van der Waals surface area contributed by atoms with Crippen molar-refractivity contribution in [2.75, 3.05) is 6.54 Å². The van der Waals surface area contributed by atoms with Crippen molar-refractivity contribution in [2.45, 2.75) is 44.7 Å². The van der Waals surface area contributed by atoms with E-state index in [2.05, 4.69) is 24.0 Å². The maximum absolute atomic E-state index is 14.4. The molecule has 1 aromatic rings. The van der Waals surface area contributed by atoms with E-state index in [0.717, 1.165) is 31.9 Å². The maximum Gasteiger partial charge on any atom is 0.393 e. The molecule has 3 rings (SSSR count). The van der Waals surface area contributed by atoms with Crippen LogP contribution in [0, 0.1) is 17.6 Å². The molecular weight excluding hydrogens is 385 g/mol. The van der Waals surface area contributed by atoms with Gasteiger partial charge in [0.2, 0.25) is 0 Å². The number of alkyl halides is 3. The highest BCUT2D eigenvalue weighted by Gasteiger charge is 2.31. The minimum Gasteiger partial charge on any atom is -0.385 e. The lowest BCUT2D eigenvalue weighted by atomic mass is 9.81. The van der Waals surface area contributed by atoms with Crippen LogP contribution in [0.15, 0.2) is 54.3 Å². The molecule has 0 spiro atoms. The molecule has 0 saturated carbocycles.